The zero-order valence-electron chi connectivity index (χ0n) is 3.69. The van der Waals surface area contributed by atoms with Crippen molar-refractivity contribution < 1.29 is 32.7 Å². The smallest absolute Gasteiger partial charge is 0.0637 e. The van der Waals surface area contributed by atoms with Gasteiger partial charge < -0.3 is 20.0 Å². The van der Waals surface area contributed by atoms with Gasteiger partial charge in [0, 0.05) is 32.7 Å². The van der Waals surface area contributed by atoms with E-state index in [1.54, 1.807) is 0 Å². The zero-order chi connectivity index (χ0) is 2.71. The van der Waals surface area contributed by atoms with Crippen LogP contribution in [0.15, 0.2) is 0 Å². The normalized spacial score (nSPS) is 4.75. The molecular formula is C2H6SY-2. The van der Waals surface area contributed by atoms with E-state index in [0.717, 1.165) is 12.5 Å². The minimum atomic E-state index is 0. The Morgan fingerprint density at radius 2 is 2.00 bits per heavy atom. The molecule has 4 heavy (non-hydrogen) atoms. The second-order valence-electron chi connectivity index (χ2n) is 0. The Bertz CT molecular complexity index is 9.61. The Balaban J connectivity index is -0.0000000200. The van der Waals surface area contributed by atoms with Gasteiger partial charge in [-0.3, -0.25) is 6.26 Å². The summed E-state index contributed by atoms with van der Waals surface area (Å²) in [6.07, 6.45) is 3.07. The minimum absolute atomic E-state index is 0. The second-order valence-corrected chi connectivity index (χ2v) is 0. The second kappa shape index (κ2) is 25.1. The molecule has 0 saturated heterocycles. The van der Waals surface area contributed by atoms with Gasteiger partial charge >= 0.3 is 0 Å². The predicted molar refractivity (Wildman–Crippen MR) is 20.8 cm³/mol. The molecule has 0 fully saturated rings. The number of thiol groups is 1. The zero-order valence-corrected chi connectivity index (χ0v) is 6.35. The maximum absolute atomic E-state index is 6.01. The van der Waals surface area contributed by atoms with Crippen LogP contribution in [0.5, 0.6) is 0 Å². The van der Waals surface area contributed by atoms with Crippen molar-refractivity contribution in [2.75, 3.05) is 0 Å². The van der Waals surface area contributed by atoms with Crippen molar-refractivity contribution in [3.05, 3.63) is 13.7 Å². The molecule has 0 aliphatic heterocycles. The molecule has 0 bridgehead atoms. The summed E-state index contributed by atoms with van der Waals surface area (Å²) in [5.41, 5.74) is 0. The van der Waals surface area contributed by atoms with Crippen LogP contribution in [0.25, 0.3) is 0 Å². The van der Waals surface area contributed by atoms with Gasteiger partial charge in [-0.25, -0.2) is 0 Å². The van der Waals surface area contributed by atoms with Crippen LogP contribution in [-0.2, 0) is 32.7 Å². The maximum Gasteiger partial charge on any atom is 0.0637 e. The summed E-state index contributed by atoms with van der Waals surface area (Å²) >= 11 is 0.750. The van der Waals surface area contributed by atoms with Gasteiger partial charge in [-0.1, -0.05) is 0 Å². The Hall–Kier alpha value is 1.45. The van der Waals surface area contributed by atoms with Crippen LogP contribution >= 0.6 is 12.5 Å². The molecule has 0 N–H and O–H groups in total. The molecule has 0 nitrogen and oxygen atoms in total. The topological polar surface area (TPSA) is 0 Å². The van der Waals surface area contributed by atoms with Gasteiger partial charge in [0.05, 0.1) is 1.12 Å². The molecule has 0 aliphatic rings. The van der Waals surface area contributed by atoms with E-state index in [9.17, 15) is 0 Å². The molecule has 0 atom stereocenters. The van der Waals surface area contributed by atoms with Crippen LogP contribution < -0.4 is 0 Å². The van der Waals surface area contributed by atoms with Gasteiger partial charge in [-0.05, 0) is 0 Å². The number of hydrogen-bond donors (Lipinski definition) is 1. The fraction of sp³-hybridized carbons (Fsp3) is 0. The largest absolute Gasteiger partial charge is 0.372 e. The summed E-state index contributed by atoms with van der Waals surface area (Å²) < 4.78 is 6.01. The average Bonchev–Trinajstić information content (AvgIpc) is 0.918. The molecule has 25 valence electrons. The Morgan fingerprint density at radius 1 is 2.00 bits per heavy atom. The van der Waals surface area contributed by atoms with E-state index in [2.05, 4.69) is 6.26 Å². The van der Waals surface area contributed by atoms with E-state index in [4.69, 9.17) is 1.12 Å². The van der Waals surface area contributed by atoms with Crippen LogP contribution in [0, 0.1) is 13.7 Å². The van der Waals surface area contributed by atoms with Crippen LogP contribution in [0.3, 0.4) is 0 Å². The first-order valence-electron chi connectivity index (χ1n) is 0.697. The van der Waals surface area contributed by atoms with Gasteiger partial charge in [0.25, 0.3) is 0 Å². The van der Waals surface area contributed by atoms with E-state index in [1.807, 2.05) is 0 Å². The SMILES string of the molecule is [3H]S[CH2-].[CH3-].[Y]. The van der Waals surface area contributed by atoms with Crippen molar-refractivity contribution in [2.24, 2.45) is 0 Å². The summed E-state index contributed by atoms with van der Waals surface area (Å²) in [7, 11) is 0. The predicted octanol–water partition coefficient (Wildman–Crippen LogP) is 1.16. The van der Waals surface area contributed by atoms with Crippen LogP contribution in [0.4, 0.5) is 0 Å². The molecule has 0 spiro atoms. The summed E-state index contributed by atoms with van der Waals surface area (Å²) in [6.45, 7) is 0. The monoisotopic (exact) mass is 153 g/mol. The molecular weight excluding hydrogens is 145 g/mol. The summed E-state index contributed by atoms with van der Waals surface area (Å²) in [6, 6.07) is 0. The van der Waals surface area contributed by atoms with Gasteiger partial charge in [0.15, 0.2) is 0 Å². The Morgan fingerprint density at radius 3 is 2.00 bits per heavy atom. The van der Waals surface area contributed by atoms with Crippen LogP contribution in [0.1, 0.15) is 0 Å². The summed E-state index contributed by atoms with van der Waals surface area (Å²) in [5.74, 6) is 0. The van der Waals surface area contributed by atoms with Crippen molar-refractivity contribution in [3.63, 3.8) is 0 Å². The maximum atomic E-state index is 6.01. The van der Waals surface area contributed by atoms with Gasteiger partial charge in [-0.15, -0.1) is 0 Å². The molecule has 0 heterocycles. The minimum Gasteiger partial charge on any atom is -0.372 e. The van der Waals surface area contributed by atoms with Gasteiger partial charge in [0.2, 0.25) is 0 Å². The molecule has 0 unspecified atom stereocenters. The quantitative estimate of drug-likeness (QED) is 0.391. The van der Waals surface area contributed by atoms with Gasteiger partial charge in [-0.2, -0.15) is 0 Å². The van der Waals surface area contributed by atoms with Gasteiger partial charge in [0.1, 0.15) is 0 Å². The number of rotatable bonds is 0. The average molecular weight is 153 g/mol. The molecule has 0 aromatic heterocycles. The molecule has 0 aliphatic carbocycles. The number of hydrogen-bond acceptors (Lipinski definition) is 1. The fourth-order valence-electron chi connectivity index (χ4n) is 0. The summed E-state index contributed by atoms with van der Waals surface area (Å²) in [5, 5.41) is 0. The van der Waals surface area contributed by atoms with Crippen LogP contribution in [-0.4, -0.2) is 1.12 Å². The van der Waals surface area contributed by atoms with Crippen molar-refractivity contribution in [1.29, 1.82) is 1.12 Å². The molecule has 2 heteroatoms. The first-order valence-corrected chi connectivity index (χ1v) is 0.866. The van der Waals surface area contributed by atoms with E-state index >= 15 is 0 Å². The van der Waals surface area contributed by atoms with Crippen molar-refractivity contribution in [2.45, 2.75) is 0 Å². The standard InChI is InChI=1S/CH3S.CH3.Y/c1-2;;/h2H,1H2;1H3;/q2*-1;/i2T;;. The molecule has 0 rings (SSSR count). The molecule has 0 aromatic rings. The summed E-state index contributed by atoms with van der Waals surface area (Å²) in [4.78, 5) is 0. The third kappa shape index (κ3) is 9.84. The first kappa shape index (κ1) is 9.07. The Labute approximate surface area is 59.7 Å². The molecule has 1 radical (unpaired) electrons. The fourth-order valence-corrected chi connectivity index (χ4v) is 0. The van der Waals surface area contributed by atoms with Crippen molar-refractivity contribution in [1.82, 2.24) is 0 Å². The van der Waals surface area contributed by atoms with E-state index in [1.165, 1.54) is 0 Å². The molecule has 0 aromatic carbocycles. The van der Waals surface area contributed by atoms with E-state index in [0.29, 0.717) is 0 Å². The first-order chi connectivity index (χ1) is 1.41. The third-order valence-corrected chi connectivity index (χ3v) is 0. The van der Waals surface area contributed by atoms with Crippen molar-refractivity contribution in [3.8, 4) is 0 Å². The van der Waals surface area contributed by atoms with Crippen molar-refractivity contribution >= 4 is 12.5 Å². The third-order valence-electron chi connectivity index (χ3n) is 0. The van der Waals surface area contributed by atoms with Crippen LogP contribution in [0.2, 0.25) is 0 Å². The molecule has 0 saturated carbocycles. The van der Waals surface area contributed by atoms with E-state index in [-0.39, 0.29) is 40.1 Å². The molecule has 0 amide bonds. The van der Waals surface area contributed by atoms with E-state index < -0.39 is 0 Å². The Kier molecular flexibility index (Phi) is 57.0.